The molecule has 0 atom stereocenters. The molecule has 1 N–H and O–H groups in total. The number of benzene rings is 1. The molecule has 0 fully saturated rings. The zero-order chi connectivity index (χ0) is 14.3. The summed E-state index contributed by atoms with van der Waals surface area (Å²) >= 11 is 0. The van der Waals surface area contributed by atoms with Crippen molar-refractivity contribution in [3.8, 4) is 0 Å². The third-order valence-electron chi connectivity index (χ3n) is 3.60. The van der Waals surface area contributed by atoms with E-state index >= 15 is 0 Å². The summed E-state index contributed by atoms with van der Waals surface area (Å²) in [7, 11) is 0. The zero-order valence-electron chi connectivity index (χ0n) is 12.6. The molecule has 0 aliphatic rings. The Kier molecular flexibility index (Phi) is 6.57. The van der Waals surface area contributed by atoms with Crippen LogP contribution in [0.4, 0.5) is 0 Å². The highest BCUT2D eigenvalue weighted by atomic mass is 16.1. The average Bonchev–Trinajstić information content (AvgIpc) is 2.42. The van der Waals surface area contributed by atoms with E-state index < -0.39 is 0 Å². The molecule has 3 nitrogen and oxygen atoms in total. The van der Waals surface area contributed by atoms with Gasteiger partial charge in [-0.15, -0.1) is 0 Å². The molecule has 0 aromatic heterocycles. The van der Waals surface area contributed by atoms with Crippen LogP contribution < -0.4 is 5.32 Å². The maximum atomic E-state index is 12.0. The second-order valence-electron chi connectivity index (χ2n) is 4.94. The Morgan fingerprint density at radius 2 is 1.84 bits per heavy atom. The summed E-state index contributed by atoms with van der Waals surface area (Å²) in [4.78, 5) is 14.3. The first-order chi connectivity index (χ1) is 9.08. The van der Waals surface area contributed by atoms with Crippen molar-refractivity contribution in [2.75, 3.05) is 26.2 Å². The molecule has 0 aliphatic heterocycles. The number of carbonyl (C=O) groups excluding carboxylic acids is 1. The lowest BCUT2D eigenvalue weighted by molar-refractivity contribution is 0.0951. The van der Waals surface area contributed by atoms with Crippen molar-refractivity contribution in [2.45, 2.75) is 34.1 Å². The Labute approximate surface area is 117 Å². The van der Waals surface area contributed by atoms with Crippen LogP contribution in [0, 0.1) is 13.8 Å². The Morgan fingerprint density at radius 3 is 2.42 bits per heavy atom. The first-order valence-corrected chi connectivity index (χ1v) is 7.16. The van der Waals surface area contributed by atoms with Crippen LogP contribution >= 0.6 is 0 Å². The first-order valence-electron chi connectivity index (χ1n) is 7.16. The molecule has 1 aromatic carbocycles. The predicted octanol–water partition coefficient (Wildman–Crippen LogP) is 2.77. The van der Waals surface area contributed by atoms with E-state index in [0.29, 0.717) is 0 Å². The summed E-state index contributed by atoms with van der Waals surface area (Å²) in [5, 5.41) is 2.98. The fraction of sp³-hybridized carbons (Fsp3) is 0.562. The first kappa shape index (κ1) is 15.7. The predicted molar refractivity (Wildman–Crippen MR) is 80.7 cm³/mol. The van der Waals surface area contributed by atoms with E-state index in [1.54, 1.807) is 0 Å². The van der Waals surface area contributed by atoms with Gasteiger partial charge in [0.25, 0.3) is 5.91 Å². The minimum Gasteiger partial charge on any atom is -0.352 e. The van der Waals surface area contributed by atoms with Crippen LogP contribution in [0.25, 0.3) is 0 Å². The summed E-state index contributed by atoms with van der Waals surface area (Å²) in [5.41, 5.74) is 3.14. The van der Waals surface area contributed by atoms with E-state index in [0.717, 1.165) is 43.7 Å². The molecule has 0 spiro atoms. The van der Waals surface area contributed by atoms with Crippen LogP contribution in [0.15, 0.2) is 18.2 Å². The number of hydrogen-bond acceptors (Lipinski definition) is 2. The number of carbonyl (C=O) groups is 1. The highest BCUT2D eigenvalue weighted by molar-refractivity contribution is 5.94. The number of hydrogen-bond donors (Lipinski definition) is 1. The Hall–Kier alpha value is -1.35. The summed E-state index contributed by atoms with van der Waals surface area (Å²) < 4.78 is 0. The molecule has 0 bridgehead atoms. The highest BCUT2D eigenvalue weighted by Gasteiger charge is 2.06. The summed E-state index contributed by atoms with van der Waals surface area (Å²) in [6.07, 6.45) is 0.998. The van der Waals surface area contributed by atoms with Crippen molar-refractivity contribution < 1.29 is 4.79 Å². The van der Waals surface area contributed by atoms with Crippen LogP contribution in [0.5, 0.6) is 0 Å². The Bertz CT molecular complexity index is 411. The Balaban J connectivity index is 2.37. The molecular weight excluding hydrogens is 236 g/mol. The molecular formula is C16H26N2O. The molecule has 0 aliphatic carbocycles. The molecule has 0 unspecified atom stereocenters. The van der Waals surface area contributed by atoms with E-state index in [9.17, 15) is 4.79 Å². The quantitative estimate of drug-likeness (QED) is 0.766. The number of amides is 1. The minimum absolute atomic E-state index is 0.0302. The van der Waals surface area contributed by atoms with Gasteiger partial charge in [-0.2, -0.15) is 0 Å². The molecule has 0 radical (unpaired) electrons. The van der Waals surface area contributed by atoms with Gasteiger partial charge in [0, 0.05) is 12.1 Å². The fourth-order valence-corrected chi connectivity index (χ4v) is 2.03. The van der Waals surface area contributed by atoms with E-state index in [-0.39, 0.29) is 5.91 Å². The van der Waals surface area contributed by atoms with Crippen molar-refractivity contribution in [1.29, 1.82) is 0 Å². The third kappa shape index (κ3) is 5.03. The molecule has 0 saturated carbocycles. The number of rotatable bonds is 7. The SMILES string of the molecule is CCN(CC)CCCNC(=O)c1ccc(C)c(C)c1. The number of nitrogens with one attached hydrogen (secondary N) is 1. The lowest BCUT2D eigenvalue weighted by Gasteiger charge is -2.17. The van der Waals surface area contributed by atoms with Crippen LogP contribution in [0.1, 0.15) is 41.8 Å². The van der Waals surface area contributed by atoms with Crippen molar-refractivity contribution >= 4 is 5.91 Å². The van der Waals surface area contributed by atoms with Gasteiger partial charge in [0.05, 0.1) is 0 Å². The van der Waals surface area contributed by atoms with Gasteiger partial charge in [0.2, 0.25) is 0 Å². The standard InChI is InChI=1S/C16H26N2O/c1-5-18(6-2)11-7-10-17-16(19)15-9-8-13(3)14(4)12-15/h8-9,12H,5-7,10-11H2,1-4H3,(H,17,19). The number of nitrogens with zero attached hydrogens (tertiary/aromatic N) is 1. The van der Waals surface area contributed by atoms with E-state index in [4.69, 9.17) is 0 Å². The molecule has 19 heavy (non-hydrogen) atoms. The summed E-state index contributed by atoms with van der Waals surface area (Å²) in [5.74, 6) is 0.0302. The summed E-state index contributed by atoms with van der Waals surface area (Å²) in [6.45, 7) is 12.3. The van der Waals surface area contributed by atoms with Gasteiger partial charge in [0.1, 0.15) is 0 Å². The van der Waals surface area contributed by atoms with E-state index in [1.165, 1.54) is 5.56 Å². The largest absolute Gasteiger partial charge is 0.352 e. The lowest BCUT2D eigenvalue weighted by Crippen LogP contribution is -2.29. The van der Waals surface area contributed by atoms with Crippen LogP contribution in [-0.2, 0) is 0 Å². The third-order valence-corrected chi connectivity index (χ3v) is 3.60. The molecule has 0 saturated heterocycles. The lowest BCUT2D eigenvalue weighted by atomic mass is 10.1. The normalized spacial score (nSPS) is 10.8. The van der Waals surface area contributed by atoms with Crippen molar-refractivity contribution in [1.82, 2.24) is 10.2 Å². The second-order valence-corrected chi connectivity index (χ2v) is 4.94. The van der Waals surface area contributed by atoms with Gasteiger partial charge in [0.15, 0.2) is 0 Å². The van der Waals surface area contributed by atoms with Crippen molar-refractivity contribution in [3.05, 3.63) is 34.9 Å². The fourth-order valence-electron chi connectivity index (χ4n) is 2.03. The maximum absolute atomic E-state index is 12.0. The van der Waals surface area contributed by atoms with Gasteiger partial charge < -0.3 is 10.2 Å². The monoisotopic (exact) mass is 262 g/mol. The molecule has 1 aromatic rings. The maximum Gasteiger partial charge on any atom is 0.251 e. The van der Waals surface area contributed by atoms with Crippen molar-refractivity contribution in [3.63, 3.8) is 0 Å². The average molecular weight is 262 g/mol. The van der Waals surface area contributed by atoms with Gasteiger partial charge >= 0.3 is 0 Å². The molecule has 106 valence electrons. The van der Waals surface area contributed by atoms with Gasteiger partial charge in [-0.1, -0.05) is 19.9 Å². The van der Waals surface area contributed by atoms with E-state index in [1.807, 2.05) is 25.1 Å². The number of aryl methyl sites for hydroxylation is 2. The van der Waals surface area contributed by atoms with Gasteiger partial charge in [-0.05, 0) is 63.2 Å². The molecule has 1 amide bonds. The van der Waals surface area contributed by atoms with Gasteiger partial charge in [-0.25, -0.2) is 0 Å². The summed E-state index contributed by atoms with van der Waals surface area (Å²) in [6, 6.07) is 5.84. The molecule has 3 heteroatoms. The van der Waals surface area contributed by atoms with Gasteiger partial charge in [-0.3, -0.25) is 4.79 Å². The van der Waals surface area contributed by atoms with Crippen LogP contribution in [-0.4, -0.2) is 37.0 Å². The molecule has 0 heterocycles. The van der Waals surface area contributed by atoms with Crippen molar-refractivity contribution in [2.24, 2.45) is 0 Å². The Morgan fingerprint density at radius 1 is 1.16 bits per heavy atom. The minimum atomic E-state index is 0.0302. The highest BCUT2D eigenvalue weighted by Crippen LogP contribution is 2.09. The second kappa shape index (κ2) is 7.95. The van der Waals surface area contributed by atoms with E-state index in [2.05, 4.69) is 31.0 Å². The topological polar surface area (TPSA) is 32.3 Å². The zero-order valence-corrected chi connectivity index (χ0v) is 12.6. The smallest absolute Gasteiger partial charge is 0.251 e. The molecule has 1 rings (SSSR count). The van der Waals surface area contributed by atoms with Crippen LogP contribution in [0.2, 0.25) is 0 Å². The van der Waals surface area contributed by atoms with Crippen LogP contribution in [0.3, 0.4) is 0 Å².